The lowest BCUT2D eigenvalue weighted by Crippen LogP contribution is -2.30. The van der Waals surface area contributed by atoms with Gasteiger partial charge >= 0.3 is 6.03 Å². The lowest BCUT2D eigenvalue weighted by Gasteiger charge is -2.22. The minimum atomic E-state index is -1.10. The summed E-state index contributed by atoms with van der Waals surface area (Å²) in [5, 5.41) is 24.7. The van der Waals surface area contributed by atoms with E-state index < -0.39 is 23.0 Å². The molecule has 2 atom stereocenters. The highest BCUT2D eigenvalue weighted by Crippen LogP contribution is 2.42. The number of hydrogen-bond donors (Lipinski definition) is 3. The molecule has 5 rings (SSSR count). The number of benzene rings is 1. The number of likely N-dealkylation sites (N-methyl/N-ethyl adjacent to an activating group) is 1. The van der Waals surface area contributed by atoms with Crippen LogP contribution in [0.4, 0.5) is 10.5 Å². The van der Waals surface area contributed by atoms with E-state index in [1.54, 1.807) is 0 Å². The van der Waals surface area contributed by atoms with Gasteiger partial charge in [0.15, 0.2) is 0 Å². The molecule has 8 nitrogen and oxygen atoms in total. The number of aliphatic hydroxyl groups excluding tert-OH is 1. The third-order valence-corrected chi connectivity index (χ3v) is 7.15. The average molecular weight is 415 g/mol. The number of hydrogen-bond acceptors (Lipinski definition) is 4. The maximum Gasteiger partial charge on any atom is 0.352 e. The largest absolute Gasteiger partial charge is 0.388 e. The van der Waals surface area contributed by atoms with Crippen molar-refractivity contribution in [2.75, 3.05) is 18.9 Å². The van der Waals surface area contributed by atoms with E-state index in [0.29, 0.717) is 11.4 Å². The summed E-state index contributed by atoms with van der Waals surface area (Å²) in [7, 11) is 0.970. The normalized spacial score (nSPS) is 21.7. The van der Waals surface area contributed by atoms with Gasteiger partial charge in [-0.3, -0.25) is 14.7 Å². The van der Waals surface area contributed by atoms with Crippen molar-refractivity contribution in [1.29, 1.82) is 0 Å². The number of aromatic nitrogens is 2. The highest BCUT2D eigenvalue weighted by molar-refractivity contribution is 7.85. The standard InChI is InChI=1S/C20H26N6O2S/c1-25-7-8-26-13(11-25)10-18(23-26)29(21)24-20(28)22-19-14-4-2-3-12(14)9-16-15(19)5-6-17(16)27/h9-10,17,27H,2-8,11H2,1H3,(H3,21,22,24,28). The molecule has 0 radical (unpaired) electrons. The van der Waals surface area contributed by atoms with Crippen molar-refractivity contribution in [3.63, 3.8) is 0 Å². The molecule has 2 heterocycles. The predicted molar refractivity (Wildman–Crippen MR) is 112 cm³/mol. The molecule has 1 aromatic heterocycles. The highest BCUT2D eigenvalue weighted by atomic mass is 32.2. The number of fused-ring (bicyclic) bond motifs is 3. The van der Waals surface area contributed by atoms with Gasteiger partial charge in [-0.25, -0.2) is 4.79 Å². The molecule has 0 saturated carbocycles. The van der Waals surface area contributed by atoms with Gasteiger partial charge in [-0.1, -0.05) is 6.07 Å². The lowest BCUT2D eigenvalue weighted by atomic mass is 9.98. The molecule has 9 heteroatoms. The maximum atomic E-state index is 12.7. The van der Waals surface area contributed by atoms with Crippen molar-refractivity contribution in [1.82, 2.24) is 14.7 Å². The molecule has 2 aromatic rings. The molecule has 2 aliphatic carbocycles. The average Bonchev–Trinajstić information content (AvgIpc) is 3.40. The fraction of sp³-hybridized carbons (Fsp3) is 0.500. The molecule has 0 fully saturated rings. The zero-order valence-electron chi connectivity index (χ0n) is 16.5. The number of aliphatic hydroxyl groups is 1. The number of rotatable bonds is 2. The van der Waals surface area contributed by atoms with Gasteiger partial charge in [0.2, 0.25) is 0 Å². The van der Waals surface area contributed by atoms with Gasteiger partial charge in [-0.05, 0) is 67.5 Å². The number of anilines is 1. The van der Waals surface area contributed by atoms with Gasteiger partial charge in [0.1, 0.15) is 5.03 Å². The molecule has 154 valence electrons. The second-order valence-corrected chi connectivity index (χ2v) is 9.37. The number of carbonyl (C=O) groups excluding carboxylic acids is 1. The summed E-state index contributed by atoms with van der Waals surface area (Å²) in [4.78, 5) is 14.9. The Morgan fingerprint density at radius 1 is 1.31 bits per heavy atom. The van der Waals surface area contributed by atoms with E-state index in [9.17, 15) is 9.90 Å². The predicted octanol–water partition coefficient (Wildman–Crippen LogP) is 2.06. The number of urea groups is 1. The summed E-state index contributed by atoms with van der Waals surface area (Å²) in [5.41, 5.74) is 6.39. The zero-order valence-corrected chi connectivity index (χ0v) is 17.3. The monoisotopic (exact) mass is 414 g/mol. The van der Waals surface area contributed by atoms with Gasteiger partial charge < -0.3 is 10.4 Å². The summed E-state index contributed by atoms with van der Waals surface area (Å²) in [6, 6.07) is 3.63. The van der Waals surface area contributed by atoms with Gasteiger partial charge in [-0.2, -0.15) is 5.10 Å². The zero-order chi connectivity index (χ0) is 20.1. The Kier molecular flexibility index (Phi) is 4.78. The van der Waals surface area contributed by atoms with Crippen LogP contribution in [0, 0.1) is 0 Å². The SMILES string of the molecule is CN1CCn2nc(S(N)=NC(=O)Nc3c4c(cc5c3CCC5O)CCC4)cc2C1. The van der Waals surface area contributed by atoms with E-state index in [0.717, 1.165) is 67.8 Å². The first-order chi connectivity index (χ1) is 14.0. The van der Waals surface area contributed by atoms with Crippen LogP contribution in [-0.4, -0.2) is 39.4 Å². The number of carbonyl (C=O) groups is 1. The van der Waals surface area contributed by atoms with Crippen molar-refractivity contribution in [3.05, 3.63) is 40.1 Å². The molecule has 0 saturated heterocycles. The Morgan fingerprint density at radius 2 is 2.17 bits per heavy atom. The summed E-state index contributed by atoms with van der Waals surface area (Å²) in [6.45, 7) is 2.58. The van der Waals surface area contributed by atoms with Crippen molar-refractivity contribution < 1.29 is 9.90 Å². The van der Waals surface area contributed by atoms with Crippen LogP contribution in [0.1, 0.15) is 46.9 Å². The first-order valence-corrected chi connectivity index (χ1v) is 11.4. The van der Waals surface area contributed by atoms with Gasteiger partial charge in [0, 0.05) is 29.7 Å². The van der Waals surface area contributed by atoms with Gasteiger partial charge in [-0.15, -0.1) is 4.36 Å². The van der Waals surface area contributed by atoms with Crippen molar-refractivity contribution >= 4 is 22.6 Å². The topological polar surface area (TPSA) is 109 Å². The molecular formula is C20H26N6O2S. The van der Waals surface area contributed by atoms with Crippen LogP contribution < -0.4 is 10.5 Å². The molecule has 0 bridgehead atoms. The van der Waals surface area contributed by atoms with E-state index in [-0.39, 0.29) is 0 Å². The van der Waals surface area contributed by atoms with E-state index >= 15 is 0 Å². The van der Waals surface area contributed by atoms with E-state index in [2.05, 4.69) is 32.8 Å². The fourth-order valence-electron chi connectivity index (χ4n) is 4.71. The van der Waals surface area contributed by atoms with Crippen LogP contribution >= 0.6 is 0 Å². The van der Waals surface area contributed by atoms with Crippen molar-refractivity contribution in [2.45, 2.75) is 56.3 Å². The molecule has 3 aliphatic rings. The first kappa shape index (κ1) is 18.9. The molecule has 1 aliphatic heterocycles. The minimum Gasteiger partial charge on any atom is -0.388 e. The smallest absolute Gasteiger partial charge is 0.352 e. The molecule has 2 unspecified atom stereocenters. The maximum absolute atomic E-state index is 12.7. The van der Waals surface area contributed by atoms with Crippen LogP contribution in [0.25, 0.3) is 0 Å². The summed E-state index contributed by atoms with van der Waals surface area (Å²) in [5.74, 6) is 0. The van der Waals surface area contributed by atoms with Crippen LogP contribution in [0.5, 0.6) is 0 Å². The Hall–Kier alpha value is -2.07. The molecule has 29 heavy (non-hydrogen) atoms. The second kappa shape index (κ2) is 7.32. The number of aryl methyl sites for hydroxylation is 1. The van der Waals surface area contributed by atoms with Crippen molar-refractivity contribution in [2.24, 2.45) is 9.50 Å². The van der Waals surface area contributed by atoms with Crippen LogP contribution in [0.3, 0.4) is 0 Å². The molecule has 1 aromatic carbocycles. The van der Waals surface area contributed by atoms with Gasteiger partial charge in [0.25, 0.3) is 0 Å². The fourth-order valence-corrected chi connectivity index (χ4v) is 5.46. The number of amides is 2. The minimum absolute atomic E-state index is 0.442. The van der Waals surface area contributed by atoms with Crippen LogP contribution in [-0.2, 0) is 43.2 Å². The van der Waals surface area contributed by atoms with Crippen molar-refractivity contribution in [3.8, 4) is 0 Å². The Balaban J connectivity index is 1.41. The molecule has 2 amide bonds. The summed E-state index contributed by atoms with van der Waals surface area (Å²) < 4.78 is 6.13. The molecule has 0 spiro atoms. The third kappa shape index (κ3) is 3.42. The Bertz CT molecular complexity index is 1030. The first-order valence-electron chi connectivity index (χ1n) is 10.1. The summed E-state index contributed by atoms with van der Waals surface area (Å²) >= 11 is 0. The Labute approximate surface area is 172 Å². The van der Waals surface area contributed by atoms with E-state index in [4.69, 9.17) is 5.14 Å². The number of nitrogens with two attached hydrogens (primary N) is 1. The van der Waals surface area contributed by atoms with Gasteiger partial charge in [0.05, 0.1) is 18.3 Å². The number of nitrogens with one attached hydrogen (secondary N) is 1. The summed E-state index contributed by atoms with van der Waals surface area (Å²) in [6.07, 6.45) is 4.05. The van der Waals surface area contributed by atoms with E-state index in [1.165, 1.54) is 11.1 Å². The van der Waals surface area contributed by atoms with Crippen LogP contribution in [0.15, 0.2) is 21.5 Å². The van der Waals surface area contributed by atoms with E-state index in [1.807, 2.05) is 10.7 Å². The molecule has 4 N–H and O–H groups in total. The highest BCUT2D eigenvalue weighted by Gasteiger charge is 2.29. The lowest BCUT2D eigenvalue weighted by molar-refractivity contribution is 0.180. The Morgan fingerprint density at radius 3 is 3.03 bits per heavy atom. The van der Waals surface area contributed by atoms with Crippen LogP contribution in [0.2, 0.25) is 0 Å². The number of nitrogens with zero attached hydrogens (tertiary/aromatic N) is 4. The second-order valence-electron chi connectivity index (χ2n) is 8.14. The quantitative estimate of drug-likeness (QED) is 0.697. The molecular weight excluding hydrogens is 388 g/mol. The third-order valence-electron chi connectivity index (χ3n) is 6.16.